The number of rotatable bonds is 2. The van der Waals surface area contributed by atoms with Crippen molar-refractivity contribution >= 4 is 46.2 Å². The molecule has 170 valence electrons. The second-order valence-corrected chi connectivity index (χ2v) is 9.69. The summed E-state index contributed by atoms with van der Waals surface area (Å²) in [7, 11) is 0. The summed E-state index contributed by atoms with van der Waals surface area (Å²) in [5.41, 5.74) is 4.71. The monoisotopic (exact) mass is 469 g/mol. The van der Waals surface area contributed by atoms with E-state index < -0.39 is 58.3 Å². The molecule has 0 radical (unpaired) electrons. The fourth-order valence-electron chi connectivity index (χ4n) is 5.94. The molecule has 0 bridgehead atoms. The number of ketones is 4. The predicted molar refractivity (Wildman–Crippen MR) is 115 cm³/mol. The van der Waals surface area contributed by atoms with E-state index in [2.05, 4.69) is 0 Å². The summed E-state index contributed by atoms with van der Waals surface area (Å²) >= 11 is 6.11. The van der Waals surface area contributed by atoms with Crippen molar-refractivity contribution in [2.24, 2.45) is 29.4 Å². The van der Waals surface area contributed by atoms with Gasteiger partial charge in [0.1, 0.15) is 5.75 Å². The number of Topliss-reactive ketones (excluding diaryl/α,β-unsaturated/α-hetero) is 4. The Kier molecular flexibility index (Phi) is 4.74. The lowest BCUT2D eigenvalue weighted by molar-refractivity contribution is -0.175. The number of hydrogen-bond acceptors (Lipinski definition) is 7. The van der Waals surface area contributed by atoms with Gasteiger partial charge in [0, 0.05) is 23.8 Å². The van der Waals surface area contributed by atoms with Crippen molar-refractivity contribution in [1.82, 2.24) is 0 Å². The molecule has 2 unspecified atom stereocenters. The van der Waals surface area contributed by atoms with Crippen LogP contribution in [0.2, 0.25) is 0 Å². The minimum atomic E-state index is -2.64. The smallest absolute Gasteiger partial charge is 0.235 e. The van der Waals surface area contributed by atoms with Crippen LogP contribution in [0.25, 0.3) is 5.57 Å². The lowest BCUT2D eigenvalue weighted by Crippen LogP contribution is -2.68. The molecule has 0 heterocycles. The number of aliphatic hydroxyl groups is 1. The molecule has 33 heavy (non-hydrogen) atoms. The maximum Gasteiger partial charge on any atom is 0.235 e. The summed E-state index contributed by atoms with van der Waals surface area (Å²) in [4.78, 5) is 63.9. The lowest BCUT2D eigenvalue weighted by atomic mass is 9.53. The first kappa shape index (κ1) is 21.7. The predicted octanol–water partition coefficient (Wildman–Crippen LogP) is 1.24. The van der Waals surface area contributed by atoms with Crippen LogP contribution in [0.5, 0.6) is 5.75 Å². The summed E-state index contributed by atoms with van der Waals surface area (Å²) in [5.74, 6) is -10.1. The van der Waals surface area contributed by atoms with Gasteiger partial charge in [0.25, 0.3) is 0 Å². The van der Waals surface area contributed by atoms with Crippen molar-refractivity contribution in [3.8, 4) is 5.75 Å². The van der Waals surface area contributed by atoms with Gasteiger partial charge in [-0.05, 0) is 47.6 Å². The molecule has 4 N–H and O–H groups in total. The molecule has 1 amide bonds. The van der Waals surface area contributed by atoms with Crippen molar-refractivity contribution in [2.45, 2.75) is 31.3 Å². The Labute approximate surface area is 193 Å². The van der Waals surface area contributed by atoms with Crippen LogP contribution < -0.4 is 5.73 Å². The number of amides is 1. The first-order valence-corrected chi connectivity index (χ1v) is 11.0. The van der Waals surface area contributed by atoms with Crippen LogP contribution in [0.4, 0.5) is 0 Å². The number of carbonyl (C=O) groups excluding carboxylic acids is 5. The minimum Gasteiger partial charge on any atom is -0.507 e. The summed E-state index contributed by atoms with van der Waals surface area (Å²) in [6.45, 7) is 0. The Morgan fingerprint density at radius 3 is 2.45 bits per heavy atom. The van der Waals surface area contributed by atoms with Crippen LogP contribution in [-0.4, -0.2) is 44.9 Å². The fourth-order valence-corrected chi connectivity index (χ4v) is 6.15. The molecular formula is C24H20ClNO7. The number of phenols is 1. The van der Waals surface area contributed by atoms with Crippen LogP contribution in [0.3, 0.4) is 0 Å². The fraction of sp³-hybridized carbons (Fsp3) is 0.375. The Hall–Kier alpha value is -3.10. The first-order valence-electron chi connectivity index (χ1n) is 10.6. The zero-order valence-corrected chi connectivity index (χ0v) is 18.1. The second kappa shape index (κ2) is 7.20. The second-order valence-electron chi connectivity index (χ2n) is 9.21. The van der Waals surface area contributed by atoms with Crippen LogP contribution in [0.15, 0.2) is 29.3 Å². The van der Waals surface area contributed by atoms with E-state index in [4.69, 9.17) is 17.3 Å². The van der Waals surface area contributed by atoms with E-state index in [1.807, 2.05) is 6.08 Å². The van der Waals surface area contributed by atoms with Crippen molar-refractivity contribution in [3.05, 3.63) is 46.0 Å². The molecule has 4 aliphatic carbocycles. The van der Waals surface area contributed by atoms with Crippen LogP contribution in [-0.2, 0) is 25.6 Å². The van der Waals surface area contributed by atoms with E-state index in [0.29, 0.717) is 17.0 Å². The summed E-state index contributed by atoms with van der Waals surface area (Å²) in [6.07, 6.45) is 4.00. The highest BCUT2D eigenvalue weighted by Gasteiger charge is 2.66. The Morgan fingerprint density at radius 2 is 1.82 bits per heavy atom. The maximum absolute atomic E-state index is 13.5. The number of aromatic hydroxyl groups is 1. The van der Waals surface area contributed by atoms with Gasteiger partial charge in [-0.25, -0.2) is 0 Å². The number of hydrogen-bond donors (Lipinski definition) is 3. The number of benzene rings is 1. The van der Waals surface area contributed by atoms with Crippen LogP contribution in [0, 0.1) is 23.7 Å². The van der Waals surface area contributed by atoms with Gasteiger partial charge < -0.3 is 15.9 Å². The molecule has 4 aliphatic rings. The number of fused-ring (bicyclic) bond motifs is 3. The quantitative estimate of drug-likeness (QED) is 0.551. The molecule has 0 saturated heterocycles. The van der Waals surface area contributed by atoms with Gasteiger partial charge in [0.2, 0.25) is 5.91 Å². The number of carbonyl (C=O) groups is 5. The van der Waals surface area contributed by atoms with E-state index in [1.54, 1.807) is 12.1 Å². The van der Waals surface area contributed by atoms with Gasteiger partial charge in [0.15, 0.2) is 34.7 Å². The van der Waals surface area contributed by atoms with Gasteiger partial charge in [-0.1, -0.05) is 23.7 Å². The highest BCUT2D eigenvalue weighted by molar-refractivity contribution is 6.32. The average Bonchev–Trinajstić information content (AvgIpc) is 3.16. The molecule has 0 spiro atoms. The van der Waals surface area contributed by atoms with Crippen molar-refractivity contribution < 1.29 is 34.2 Å². The van der Waals surface area contributed by atoms with E-state index in [1.165, 1.54) is 6.07 Å². The molecule has 9 heteroatoms. The van der Waals surface area contributed by atoms with E-state index in [0.717, 1.165) is 11.1 Å². The number of allylic oxidation sites excluding steroid dienone is 4. The molecule has 2 fully saturated rings. The standard InChI is InChI=1S/C24H20ClNO7/c25-12-2-1-9(6-12)13-3-4-15(27)18-14(13)7-10-5-11-8-16(28)19(23(26)32)22(31)24(11,33)21(30)17(10)20(18)29/h1-4,10-11,17,19,27,33H,5-8H2,(H2,26,32)/t10-,11+,17?,19?,24+/m1/s1. The first-order chi connectivity index (χ1) is 15.6. The SMILES string of the molecule is NC(=O)C1C(=O)C[C@@H]2C[C@@H]3Cc4c(C5=CC=C(Cl)C5)ccc(O)c4C(=O)C3C(=O)[C@]2(O)C1=O. The summed E-state index contributed by atoms with van der Waals surface area (Å²) < 4.78 is 0. The van der Waals surface area contributed by atoms with Gasteiger partial charge >= 0.3 is 0 Å². The zero-order chi connectivity index (χ0) is 23.8. The average molecular weight is 470 g/mol. The van der Waals surface area contributed by atoms with Crippen molar-refractivity contribution in [2.75, 3.05) is 0 Å². The Balaban J connectivity index is 1.59. The molecule has 5 rings (SSSR count). The van der Waals surface area contributed by atoms with Gasteiger partial charge in [-0.3, -0.25) is 24.0 Å². The third-order valence-electron chi connectivity index (χ3n) is 7.46. The summed E-state index contributed by atoms with van der Waals surface area (Å²) in [6, 6.07) is 3.07. The molecule has 1 aromatic rings. The highest BCUT2D eigenvalue weighted by atomic mass is 35.5. The topological polar surface area (TPSA) is 152 Å². The van der Waals surface area contributed by atoms with E-state index >= 15 is 0 Å². The summed E-state index contributed by atoms with van der Waals surface area (Å²) in [5, 5.41) is 22.3. The zero-order valence-electron chi connectivity index (χ0n) is 17.3. The number of halogens is 1. The molecule has 8 nitrogen and oxygen atoms in total. The lowest BCUT2D eigenvalue weighted by Gasteiger charge is -2.48. The Morgan fingerprint density at radius 1 is 1.09 bits per heavy atom. The molecule has 2 saturated carbocycles. The largest absolute Gasteiger partial charge is 0.507 e. The number of phenolic OH excluding ortho intramolecular Hbond substituents is 1. The van der Waals surface area contributed by atoms with Crippen molar-refractivity contribution in [1.29, 1.82) is 0 Å². The number of primary amides is 1. The van der Waals surface area contributed by atoms with Crippen LogP contribution >= 0.6 is 11.6 Å². The molecule has 1 aromatic carbocycles. The van der Waals surface area contributed by atoms with Crippen LogP contribution in [0.1, 0.15) is 40.7 Å². The molecule has 0 aliphatic heterocycles. The van der Waals surface area contributed by atoms with Gasteiger partial charge in [-0.2, -0.15) is 0 Å². The van der Waals surface area contributed by atoms with Gasteiger partial charge in [-0.15, -0.1) is 0 Å². The third-order valence-corrected chi connectivity index (χ3v) is 7.72. The molecular weight excluding hydrogens is 450 g/mol. The minimum absolute atomic E-state index is 0.0149. The molecule has 5 atom stereocenters. The Bertz CT molecular complexity index is 1250. The van der Waals surface area contributed by atoms with Gasteiger partial charge in [0.05, 0.1) is 11.5 Å². The highest BCUT2D eigenvalue weighted by Crippen LogP contribution is 2.51. The van der Waals surface area contributed by atoms with E-state index in [9.17, 15) is 34.2 Å². The van der Waals surface area contributed by atoms with E-state index in [-0.39, 0.29) is 30.6 Å². The third kappa shape index (κ3) is 2.90. The molecule has 0 aromatic heterocycles. The maximum atomic E-state index is 13.5. The number of nitrogens with two attached hydrogens (primary N) is 1. The normalized spacial score (nSPS) is 33.2. The van der Waals surface area contributed by atoms with Crippen molar-refractivity contribution in [3.63, 3.8) is 0 Å².